The van der Waals surface area contributed by atoms with E-state index in [-0.39, 0.29) is 0 Å². The van der Waals surface area contributed by atoms with Crippen molar-refractivity contribution in [3.63, 3.8) is 0 Å². The quantitative estimate of drug-likeness (QED) is 0.494. The van der Waals surface area contributed by atoms with Gasteiger partial charge in [0, 0.05) is 0 Å². The summed E-state index contributed by atoms with van der Waals surface area (Å²) in [6.07, 6.45) is 6.80. The first kappa shape index (κ1) is 11.0. The van der Waals surface area contributed by atoms with Crippen molar-refractivity contribution in [3.05, 3.63) is 22.3 Å². The van der Waals surface area contributed by atoms with Gasteiger partial charge in [0.05, 0.1) is 0 Å². The lowest BCUT2D eigenvalue weighted by Gasteiger charge is -2.12. The molecule has 0 amide bonds. The van der Waals surface area contributed by atoms with Crippen LogP contribution in [-0.4, -0.2) is 0 Å². The third-order valence-electron chi connectivity index (χ3n) is 4.44. The molecule has 0 heterocycles. The van der Waals surface area contributed by atoms with Crippen molar-refractivity contribution < 1.29 is 0 Å². The topological polar surface area (TPSA) is 0 Å². The summed E-state index contributed by atoms with van der Waals surface area (Å²) < 4.78 is 0. The Balaban J connectivity index is 2.32. The molecule has 0 bridgehead atoms. The van der Waals surface area contributed by atoms with Gasteiger partial charge >= 0.3 is 0 Å². The minimum absolute atomic E-state index is 0.849. The Kier molecular flexibility index (Phi) is 3.04. The van der Waals surface area contributed by atoms with E-state index < -0.39 is 0 Å². The van der Waals surface area contributed by atoms with Crippen LogP contribution in [0, 0.1) is 11.8 Å². The average molecular weight is 204 g/mol. The van der Waals surface area contributed by atoms with Crippen LogP contribution >= 0.6 is 0 Å². The number of hydrogen-bond donors (Lipinski definition) is 0. The molecule has 0 N–H and O–H groups in total. The number of allylic oxidation sites excluding steroid dienone is 4. The predicted octanol–water partition coefficient (Wildman–Crippen LogP) is 4.87. The lowest BCUT2D eigenvalue weighted by Crippen LogP contribution is -1.97. The van der Waals surface area contributed by atoms with E-state index in [1.807, 2.05) is 5.57 Å². The fraction of sp³-hybridized carbons (Fsp3) is 0.733. The molecule has 0 aromatic carbocycles. The van der Waals surface area contributed by atoms with E-state index in [0.29, 0.717) is 0 Å². The van der Waals surface area contributed by atoms with Gasteiger partial charge in [-0.1, -0.05) is 36.1 Å². The maximum absolute atomic E-state index is 2.43. The second kappa shape index (κ2) is 4.15. The Labute approximate surface area is 94.5 Å². The molecule has 0 saturated carbocycles. The second-order valence-corrected chi connectivity index (χ2v) is 5.71. The highest BCUT2D eigenvalue weighted by Gasteiger charge is 2.28. The lowest BCUT2D eigenvalue weighted by molar-refractivity contribution is 0.585. The van der Waals surface area contributed by atoms with E-state index in [4.69, 9.17) is 0 Å². The summed E-state index contributed by atoms with van der Waals surface area (Å²) in [4.78, 5) is 0. The monoisotopic (exact) mass is 204 g/mol. The molecule has 0 nitrogen and oxygen atoms in total. The van der Waals surface area contributed by atoms with E-state index in [1.54, 1.807) is 16.7 Å². The first-order chi connectivity index (χ1) is 7.09. The van der Waals surface area contributed by atoms with Crippen LogP contribution < -0.4 is 0 Å². The molecule has 2 rings (SSSR count). The summed E-state index contributed by atoms with van der Waals surface area (Å²) in [7, 11) is 0. The van der Waals surface area contributed by atoms with E-state index in [9.17, 15) is 0 Å². The fourth-order valence-corrected chi connectivity index (χ4v) is 3.18. The van der Waals surface area contributed by atoms with Crippen molar-refractivity contribution >= 4 is 0 Å². The molecule has 15 heavy (non-hydrogen) atoms. The van der Waals surface area contributed by atoms with Crippen LogP contribution in [0.25, 0.3) is 0 Å². The summed E-state index contributed by atoms with van der Waals surface area (Å²) >= 11 is 0. The zero-order valence-corrected chi connectivity index (χ0v) is 10.7. The first-order valence-electron chi connectivity index (χ1n) is 6.46. The molecule has 2 atom stereocenters. The molecule has 0 spiro atoms. The zero-order chi connectivity index (χ0) is 11.0. The van der Waals surface area contributed by atoms with Crippen LogP contribution in [0.15, 0.2) is 22.3 Å². The van der Waals surface area contributed by atoms with Gasteiger partial charge < -0.3 is 0 Å². The molecule has 2 aliphatic rings. The smallest absolute Gasteiger partial charge is 0.0101 e. The van der Waals surface area contributed by atoms with Gasteiger partial charge in [0.1, 0.15) is 0 Å². The van der Waals surface area contributed by atoms with Gasteiger partial charge in [-0.2, -0.15) is 0 Å². The van der Waals surface area contributed by atoms with Crippen LogP contribution in [0.5, 0.6) is 0 Å². The fourth-order valence-electron chi connectivity index (χ4n) is 3.18. The maximum Gasteiger partial charge on any atom is -0.0101 e. The molecule has 0 aromatic rings. The van der Waals surface area contributed by atoms with Crippen molar-refractivity contribution in [1.82, 2.24) is 0 Å². The summed E-state index contributed by atoms with van der Waals surface area (Å²) in [6.45, 7) is 9.42. The molecule has 0 unspecified atom stereocenters. The highest BCUT2D eigenvalue weighted by atomic mass is 14.3. The third-order valence-corrected chi connectivity index (χ3v) is 4.44. The van der Waals surface area contributed by atoms with Crippen molar-refractivity contribution in [1.29, 1.82) is 0 Å². The van der Waals surface area contributed by atoms with Gasteiger partial charge in [0.25, 0.3) is 0 Å². The van der Waals surface area contributed by atoms with Gasteiger partial charge in [0.2, 0.25) is 0 Å². The molecule has 0 saturated heterocycles. The Morgan fingerprint density at radius 1 is 0.933 bits per heavy atom. The molecule has 0 fully saturated rings. The van der Waals surface area contributed by atoms with Crippen molar-refractivity contribution in [2.75, 3.05) is 0 Å². The molecular formula is C15H24. The summed E-state index contributed by atoms with van der Waals surface area (Å²) in [6, 6.07) is 0. The van der Waals surface area contributed by atoms with Gasteiger partial charge in [0.15, 0.2) is 0 Å². The molecule has 0 heteroatoms. The van der Waals surface area contributed by atoms with Crippen molar-refractivity contribution in [3.8, 4) is 0 Å². The van der Waals surface area contributed by atoms with Crippen LogP contribution in [-0.2, 0) is 0 Å². The molecule has 0 aromatic heterocycles. The Hall–Kier alpha value is -0.520. The van der Waals surface area contributed by atoms with Crippen LogP contribution in [0.3, 0.4) is 0 Å². The van der Waals surface area contributed by atoms with Crippen molar-refractivity contribution in [2.24, 2.45) is 11.8 Å². The SMILES string of the molecule is CC(C)=C1CC[C@H](C)C2=C(C1)[C@H](C)CC2. The highest BCUT2D eigenvalue weighted by molar-refractivity contribution is 5.32. The normalized spacial score (nSPS) is 31.6. The largest absolute Gasteiger partial charge is 0.0769 e. The Morgan fingerprint density at radius 2 is 1.53 bits per heavy atom. The molecular weight excluding hydrogens is 180 g/mol. The lowest BCUT2D eigenvalue weighted by atomic mass is 9.94. The first-order valence-corrected chi connectivity index (χ1v) is 6.46. The Morgan fingerprint density at radius 3 is 2.20 bits per heavy atom. The second-order valence-electron chi connectivity index (χ2n) is 5.71. The summed E-state index contributed by atoms with van der Waals surface area (Å²) in [5.74, 6) is 1.71. The number of rotatable bonds is 0. The molecule has 2 aliphatic carbocycles. The maximum atomic E-state index is 2.43. The molecule has 0 radical (unpaired) electrons. The van der Waals surface area contributed by atoms with Gasteiger partial charge in [-0.05, 0) is 57.8 Å². The van der Waals surface area contributed by atoms with Crippen LogP contribution in [0.1, 0.15) is 59.8 Å². The van der Waals surface area contributed by atoms with Gasteiger partial charge in [-0.15, -0.1) is 0 Å². The summed E-state index contributed by atoms with van der Waals surface area (Å²) in [5, 5.41) is 0. The van der Waals surface area contributed by atoms with E-state index in [0.717, 1.165) is 11.8 Å². The van der Waals surface area contributed by atoms with E-state index in [2.05, 4.69) is 27.7 Å². The molecule has 84 valence electrons. The van der Waals surface area contributed by atoms with Crippen molar-refractivity contribution in [2.45, 2.75) is 59.8 Å². The van der Waals surface area contributed by atoms with E-state index >= 15 is 0 Å². The third kappa shape index (κ3) is 2.04. The predicted molar refractivity (Wildman–Crippen MR) is 66.8 cm³/mol. The van der Waals surface area contributed by atoms with Crippen LogP contribution in [0.2, 0.25) is 0 Å². The van der Waals surface area contributed by atoms with Crippen LogP contribution in [0.4, 0.5) is 0 Å². The van der Waals surface area contributed by atoms with E-state index in [1.165, 1.54) is 32.1 Å². The number of hydrogen-bond acceptors (Lipinski definition) is 0. The minimum Gasteiger partial charge on any atom is -0.0769 e. The van der Waals surface area contributed by atoms with Gasteiger partial charge in [-0.3, -0.25) is 0 Å². The van der Waals surface area contributed by atoms with Gasteiger partial charge in [-0.25, -0.2) is 0 Å². The average Bonchev–Trinajstić information content (AvgIpc) is 2.43. The minimum atomic E-state index is 0.849. The Bertz CT molecular complexity index is 313. The standard InChI is InChI=1S/C15H24/c1-10(2)13-7-5-11(3)14-8-6-12(4)15(14)9-13/h11-12H,5-9H2,1-4H3/t11-,12+/m0/s1. The highest BCUT2D eigenvalue weighted by Crippen LogP contribution is 2.44. The molecule has 0 aliphatic heterocycles. The zero-order valence-electron chi connectivity index (χ0n) is 10.7. The summed E-state index contributed by atoms with van der Waals surface area (Å²) in [5.41, 5.74) is 6.91.